The Labute approximate surface area is 167 Å². The summed E-state index contributed by atoms with van der Waals surface area (Å²) in [7, 11) is -3.14. The summed E-state index contributed by atoms with van der Waals surface area (Å²) in [5.41, 5.74) is 0.0990. The summed E-state index contributed by atoms with van der Waals surface area (Å²) in [6, 6.07) is 3.50. The number of nitro groups is 1. The maximum atomic E-state index is 12.2. The molecule has 2 aliphatic rings. The number of ether oxygens (including phenoxy) is 2. The molecule has 0 aliphatic carbocycles. The predicted molar refractivity (Wildman–Crippen MR) is 102 cm³/mol. The Morgan fingerprint density at radius 3 is 2.66 bits per heavy atom. The summed E-state index contributed by atoms with van der Waals surface area (Å²) in [4.78, 5) is 36.7. The molecule has 2 fully saturated rings. The number of hydrogen-bond donors (Lipinski definition) is 1. The maximum absolute atomic E-state index is 12.2. The molecular weight excluding hydrogens is 406 g/mol. The van der Waals surface area contributed by atoms with E-state index in [0.29, 0.717) is 38.4 Å². The van der Waals surface area contributed by atoms with Crippen LogP contribution in [-0.4, -0.2) is 75.7 Å². The van der Waals surface area contributed by atoms with Crippen LogP contribution in [0, 0.1) is 10.1 Å². The highest BCUT2D eigenvalue weighted by Gasteiger charge is 2.29. The molecule has 11 nitrogen and oxygen atoms in total. The van der Waals surface area contributed by atoms with Crippen molar-refractivity contribution in [2.24, 2.45) is 0 Å². The highest BCUT2D eigenvalue weighted by molar-refractivity contribution is 7.91. The van der Waals surface area contributed by atoms with Crippen LogP contribution in [-0.2, 0) is 24.1 Å². The molecule has 1 unspecified atom stereocenters. The Morgan fingerprint density at radius 2 is 2.03 bits per heavy atom. The van der Waals surface area contributed by atoms with Crippen LogP contribution in [0.5, 0.6) is 0 Å². The highest BCUT2D eigenvalue weighted by Crippen LogP contribution is 2.30. The molecule has 0 saturated carbocycles. The smallest absolute Gasteiger partial charge is 0.338 e. The maximum Gasteiger partial charge on any atom is 0.338 e. The van der Waals surface area contributed by atoms with Crippen molar-refractivity contribution in [3.8, 4) is 0 Å². The molecule has 1 N–H and O–H groups in total. The fourth-order valence-electron chi connectivity index (χ4n) is 3.26. The first-order valence-corrected chi connectivity index (χ1v) is 10.9. The first-order valence-electron chi connectivity index (χ1n) is 9.03. The van der Waals surface area contributed by atoms with E-state index >= 15 is 0 Å². The summed E-state index contributed by atoms with van der Waals surface area (Å²) in [5.74, 6) is -1.63. The molecule has 0 aromatic heterocycles. The summed E-state index contributed by atoms with van der Waals surface area (Å²) in [6.07, 6.45) is 0.317. The lowest BCUT2D eigenvalue weighted by Gasteiger charge is -2.28. The van der Waals surface area contributed by atoms with E-state index in [1.165, 1.54) is 12.1 Å². The Hall–Kier alpha value is -2.73. The largest absolute Gasteiger partial charge is 0.452 e. The van der Waals surface area contributed by atoms with Crippen molar-refractivity contribution in [2.45, 2.75) is 12.5 Å². The Bertz CT molecular complexity index is 911. The molecule has 1 atom stereocenters. The van der Waals surface area contributed by atoms with E-state index in [9.17, 15) is 28.1 Å². The number of esters is 1. The number of hydrogen-bond acceptors (Lipinski definition) is 9. The zero-order valence-corrected chi connectivity index (χ0v) is 16.4. The van der Waals surface area contributed by atoms with Crippen LogP contribution in [0.3, 0.4) is 0 Å². The Morgan fingerprint density at radius 1 is 1.31 bits per heavy atom. The van der Waals surface area contributed by atoms with Crippen molar-refractivity contribution < 1.29 is 32.4 Å². The predicted octanol–water partition coefficient (Wildman–Crippen LogP) is -0.108. The molecule has 1 amide bonds. The van der Waals surface area contributed by atoms with Crippen LogP contribution in [0.2, 0.25) is 0 Å². The molecule has 2 aliphatic heterocycles. The van der Waals surface area contributed by atoms with Crippen LogP contribution in [0.15, 0.2) is 18.2 Å². The van der Waals surface area contributed by atoms with Crippen LogP contribution in [0.1, 0.15) is 16.8 Å². The van der Waals surface area contributed by atoms with Crippen LogP contribution in [0.4, 0.5) is 11.4 Å². The molecule has 0 radical (unpaired) electrons. The van der Waals surface area contributed by atoms with Crippen LogP contribution in [0.25, 0.3) is 0 Å². The van der Waals surface area contributed by atoms with E-state index in [1.54, 1.807) is 4.90 Å². The van der Waals surface area contributed by atoms with Gasteiger partial charge in [-0.2, -0.15) is 0 Å². The van der Waals surface area contributed by atoms with Gasteiger partial charge in [-0.15, -0.1) is 0 Å². The van der Waals surface area contributed by atoms with Crippen molar-refractivity contribution in [2.75, 3.05) is 49.3 Å². The van der Waals surface area contributed by atoms with Gasteiger partial charge in [0.05, 0.1) is 35.2 Å². The van der Waals surface area contributed by atoms with Gasteiger partial charge in [-0.3, -0.25) is 14.9 Å². The molecule has 3 rings (SSSR count). The minimum absolute atomic E-state index is 0.0108. The molecular formula is C17H21N3O8S. The van der Waals surface area contributed by atoms with Gasteiger partial charge >= 0.3 is 5.97 Å². The third kappa shape index (κ3) is 5.41. The Kier molecular flexibility index (Phi) is 6.33. The van der Waals surface area contributed by atoms with E-state index in [4.69, 9.17) is 9.47 Å². The lowest BCUT2D eigenvalue weighted by molar-refractivity contribution is -0.384. The minimum Gasteiger partial charge on any atom is -0.452 e. The number of benzene rings is 1. The molecule has 12 heteroatoms. The quantitative estimate of drug-likeness (QED) is 0.373. The fourth-order valence-corrected chi connectivity index (χ4v) is 4.93. The number of morpholine rings is 1. The SMILES string of the molecule is O=C(COC(=O)c1ccc(N2CCOCC2)c([N+](=O)[O-])c1)NC1CCS(=O)(=O)C1. The topological polar surface area (TPSA) is 145 Å². The zero-order chi connectivity index (χ0) is 21.0. The number of nitrogens with one attached hydrogen (secondary N) is 1. The van der Waals surface area contributed by atoms with Gasteiger partial charge in [-0.1, -0.05) is 0 Å². The van der Waals surface area contributed by atoms with Crippen molar-refractivity contribution in [3.63, 3.8) is 0 Å². The summed E-state index contributed by atoms with van der Waals surface area (Å²) >= 11 is 0. The number of anilines is 1. The first kappa shape index (κ1) is 21.0. The third-order valence-corrected chi connectivity index (χ3v) is 6.46. The molecule has 1 aromatic carbocycles. The molecule has 29 heavy (non-hydrogen) atoms. The number of rotatable bonds is 6. The van der Waals surface area contributed by atoms with Gasteiger partial charge in [0, 0.05) is 25.2 Å². The molecule has 0 bridgehead atoms. The second-order valence-electron chi connectivity index (χ2n) is 6.80. The Balaban J connectivity index is 1.60. The number of nitro benzene ring substituents is 1. The van der Waals surface area contributed by atoms with Gasteiger partial charge < -0.3 is 19.7 Å². The van der Waals surface area contributed by atoms with E-state index in [2.05, 4.69) is 5.32 Å². The standard InChI is InChI=1S/C17H21N3O8S/c21-16(18-13-3-8-29(25,26)11-13)10-28-17(22)12-1-2-14(15(9-12)20(23)24)19-4-6-27-7-5-19/h1-2,9,13H,3-8,10-11H2,(H,18,21). The number of sulfone groups is 1. The molecule has 1 aromatic rings. The van der Waals surface area contributed by atoms with E-state index < -0.39 is 39.3 Å². The molecule has 2 saturated heterocycles. The van der Waals surface area contributed by atoms with Gasteiger partial charge in [0.25, 0.3) is 11.6 Å². The number of carbonyl (C=O) groups excluding carboxylic acids is 2. The summed E-state index contributed by atoms with van der Waals surface area (Å²) < 4.78 is 33.0. The average Bonchev–Trinajstić information content (AvgIpc) is 3.04. The van der Waals surface area contributed by atoms with Crippen molar-refractivity contribution in [3.05, 3.63) is 33.9 Å². The van der Waals surface area contributed by atoms with E-state index in [-0.39, 0.29) is 22.8 Å². The monoisotopic (exact) mass is 427 g/mol. The molecule has 2 heterocycles. The normalized spacial score (nSPS) is 20.8. The number of amides is 1. The molecule has 158 valence electrons. The average molecular weight is 427 g/mol. The van der Waals surface area contributed by atoms with Gasteiger partial charge in [-0.05, 0) is 18.6 Å². The second-order valence-corrected chi connectivity index (χ2v) is 9.03. The lowest BCUT2D eigenvalue weighted by atomic mass is 10.1. The summed E-state index contributed by atoms with van der Waals surface area (Å²) in [6.45, 7) is 1.31. The third-order valence-electron chi connectivity index (χ3n) is 4.69. The van der Waals surface area contributed by atoms with E-state index in [0.717, 1.165) is 6.07 Å². The second kappa shape index (κ2) is 8.74. The van der Waals surface area contributed by atoms with Gasteiger partial charge in [-0.25, -0.2) is 13.2 Å². The highest BCUT2D eigenvalue weighted by atomic mass is 32.2. The van der Waals surface area contributed by atoms with Gasteiger partial charge in [0.1, 0.15) is 5.69 Å². The van der Waals surface area contributed by atoms with Crippen molar-refractivity contribution in [1.82, 2.24) is 5.32 Å². The first-order chi connectivity index (χ1) is 13.7. The molecule has 0 spiro atoms. The van der Waals surface area contributed by atoms with Crippen LogP contribution >= 0.6 is 0 Å². The van der Waals surface area contributed by atoms with Crippen LogP contribution < -0.4 is 10.2 Å². The number of nitrogens with zero attached hydrogens (tertiary/aromatic N) is 2. The van der Waals surface area contributed by atoms with E-state index in [1.807, 2.05) is 0 Å². The zero-order valence-electron chi connectivity index (χ0n) is 15.5. The minimum atomic E-state index is -3.14. The van der Waals surface area contributed by atoms with Gasteiger partial charge in [0.15, 0.2) is 16.4 Å². The lowest BCUT2D eigenvalue weighted by Crippen LogP contribution is -2.38. The van der Waals surface area contributed by atoms with Crippen molar-refractivity contribution in [1.29, 1.82) is 0 Å². The summed E-state index contributed by atoms with van der Waals surface area (Å²) in [5, 5.41) is 13.9. The van der Waals surface area contributed by atoms with Gasteiger partial charge in [0.2, 0.25) is 0 Å². The van der Waals surface area contributed by atoms with Crippen molar-refractivity contribution >= 4 is 33.1 Å². The number of carbonyl (C=O) groups is 2. The fraction of sp³-hybridized carbons (Fsp3) is 0.529.